The van der Waals surface area contributed by atoms with Gasteiger partial charge in [0.15, 0.2) is 11.6 Å². The molecule has 0 saturated carbocycles. The summed E-state index contributed by atoms with van der Waals surface area (Å²) in [6, 6.07) is 0. The minimum atomic E-state index is -1.07. The molecule has 1 atom stereocenters. The van der Waals surface area contributed by atoms with Gasteiger partial charge >= 0.3 is 0 Å². The number of allylic oxidation sites excluding steroid dienone is 2. The number of hydrogen-bond acceptors (Lipinski definition) is 3. The maximum atomic E-state index is 11.8. The van der Waals surface area contributed by atoms with Crippen molar-refractivity contribution in [3.63, 3.8) is 0 Å². The molecular formula is C11H14O3. The van der Waals surface area contributed by atoms with Crippen LogP contribution in [-0.2, 0) is 14.4 Å². The third-order valence-corrected chi connectivity index (χ3v) is 2.53. The van der Waals surface area contributed by atoms with Gasteiger partial charge in [-0.2, -0.15) is 0 Å². The van der Waals surface area contributed by atoms with Crippen LogP contribution in [0.4, 0.5) is 0 Å². The average molecular weight is 194 g/mol. The van der Waals surface area contributed by atoms with Gasteiger partial charge in [-0.3, -0.25) is 14.4 Å². The van der Waals surface area contributed by atoms with Crippen LogP contribution < -0.4 is 0 Å². The molecule has 14 heavy (non-hydrogen) atoms. The summed E-state index contributed by atoms with van der Waals surface area (Å²) in [6.07, 6.45) is 1.64. The van der Waals surface area contributed by atoms with Crippen LogP contribution in [0.2, 0.25) is 0 Å². The second-order valence-electron chi connectivity index (χ2n) is 4.32. The van der Waals surface area contributed by atoms with Crippen LogP contribution in [0.1, 0.15) is 27.7 Å². The van der Waals surface area contributed by atoms with Crippen LogP contribution in [0.15, 0.2) is 11.6 Å². The lowest BCUT2D eigenvalue weighted by Crippen LogP contribution is -2.42. The van der Waals surface area contributed by atoms with E-state index >= 15 is 0 Å². The van der Waals surface area contributed by atoms with Gasteiger partial charge in [0.1, 0.15) is 11.7 Å². The predicted octanol–water partition coefficient (Wildman–Crippen LogP) is 1.32. The molecular weight excluding hydrogens is 180 g/mol. The summed E-state index contributed by atoms with van der Waals surface area (Å²) in [5.74, 6) is -2.07. The smallest absolute Gasteiger partial charge is 0.176 e. The van der Waals surface area contributed by atoms with Crippen molar-refractivity contribution in [3.8, 4) is 0 Å². The molecule has 76 valence electrons. The molecule has 0 saturated heterocycles. The molecule has 0 heterocycles. The highest BCUT2D eigenvalue weighted by molar-refractivity contribution is 6.26. The number of carbonyl (C=O) groups is 3. The molecule has 1 aliphatic rings. The summed E-state index contributed by atoms with van der Waals surface area (Å²) in [4.78, 5) is 34.5. The zero-order chi connectivity index (χ0) is 11.1. The first-order chi connectivity index (χ1) is 6.27. The Kier molecular flexibility index (Phi) is 2.44. The lowest BCUT2D eigenvalue weighted by molar-refractivity contribution is -0.142. The van der Waals surface area contributed by atoms with E-state index in [1.54, 1.807) is 26.8 Å². The van der Waals surface area contributed by atoms with Gasteiger partial charge in [0.25, 0.3) is 0 Å². The number of Topliss-reactive ketones (excluding diaryl/α,β-unsaturated/α-hetero) is 3. The zero-order valence-electron chi connectivity index (χ0n) is 8.88. The molecule has 0 aromatic carbocycles. The third-order valence-electron chi connectivity index (χ3n) is 2.53. The molecule has 0 amide bonds. The summed E-state index contributed by atoms with van der Waals surface area (Å²) in [6.45, 7) is 6.38. The van der Waals surface area contributed by atoms with Gasteiger partial charge in [-0.25, -0.2) is 0 Å². The zero-order valence-corrected chi connectivity index (χ0v) is 8.88. The average Bonchev–Trinajstić information content (AvgIpc) is 2.00. The highest BCUT2D eigenvalue weighted by Crippen LogP contribution is 2.31. The van der Waals surface area contributed by atoms with E-state index in [9.17, 15) is 14.4 Å². The summed E-state index contributed by atoms with van der Waals surface area (Å²) in [7, 11) is 0. The predicted molar refractivity (Wildman–Crippen MR) is 51.7 cm³/mol. The van der Waals surface area contributed by atoms with Gasteiger partial charge in [-0.05, 0) is 33.3 Å². The molecule has 1 aliphatic carbocycles. The molecule has 0 aromatic heterocycles. The van der Waals surface area contributed by atoms with Crippen LogP contribution >= 0.6 is 0 Å². The molecule has 1 unspecified atom stereocenters. The minimum Gasteiger partial charge on any atom is -0.299 e. The van der Waals surface area contributed by atoms with E-state index in [-0.39, 0.29) is 17.3 Å². The Morgan fingerprint density at radius 1 is 1.36 bits per heavy atom. The Bertz CT molecular complexity index is 348. The molecule has 0 fully saturated rings. The summed E-state index contributed by atoms with van der Waals surface area (Å²) < 4.78 is 0. The summed E-state index contributed by atoms with van der Waals surface area (Å²) in [5, 5.41) is 0. The molecule has 0 bridgehead atoms. The monoisotopic (exact) mass is 194 g/mol. The number of carbonyl (C=O) groups excluding carboxylic acids is 3. The lowest BCUT2D eigenvalue weighted by Gasteiger charge is -2.28. The SMILES string of the molecule is CC(=O)C1C(=O)C(C)=CC(C)(C)C1=O. The maximum absolute atomic E-state index is 11.8. The van der Waals surface area contributed by atoms with E-state index in [1.807, 2.05) is 0 Å². The van der Waals surface area contributed by atoms with E-state index in [0.29, 0.717) is 5.57 Å². The van der Waals surface area contributed by atoms with Crippen LogP contribution in [-0.4, -0.2) is 17.3 Å². The third kappa shape index (κ3) is 1.54. The topological polar surface area (TPSA) is 51.2 Å². The first kappa shape index (κ1) is 10.8. The first-order valence-electron chi connectivity index (χ1n) is 4.56. The highest BCUT2D eigenvalue weighted by Gasteiger charge is 2.43. The highest BCUT2D eigenvalue weighted by atomic mass is 16.2. The largest absolute Gasteiger partial charge is 0.299 e. The minimum absolute atomic E-state index is 0.291. The van der Waals surface area contributed by atoms with Gasteiger partial charge in [0, 0.05) is 5.41 Å². The second kappa shape index (κ2) is 3.15. The Morgan fingerprint density at radius 2 is 1.86 bits per heavy atom. The van der Waals surface area contributed by atoms with Gasteiger partial charge in [-0.1, -0.05) is 6.08 Å². The van der Waals surface area contributed by atoms with E-state index in [1.165, 1.54) is 6.92 Å². The number of ketones is 3. The van der Waals surface area contributed by atoms with Crippen molar-refractivity contribution in [3.05, 3.63) is 11.6 Å². The van der Waals surface area contributed by atoms with Gasteiger partial charge < -0.3 is 0 Å². The van der Waals surface area contributed by atoms with Crippen LogP contribution in [0.3, 0.4) is 0 Å². The molecule has 1 rings (SSSR count). The standard InChI is InChI=1S/C11H14O3/c1-6-5-11(3,4)10(14)8(7(2)12)9(6)13/h5,8H,1-4H3. The van der Waals surface area contributed by atoms with Crippen molar-refractivity contribution >= 4 is 17.3 Å². The molecule has 0 aromatic rings. The fourth-order valence-corrected chi connectivity index (χ4v) is 1.77. The summed E-state index contributed by atoms with van der Waals surface area (Å²) >= 11 is 0. The molecule has 0 aliphatic heterocycles. The van der Waals surface area contributed by atoms with Crippen molar-refractivity contribution in [1.29, 1.82) is 0 Å². The van der Waals surface area contributed by atoms with E-state index in [2.05, 4.69) is 0 Å². The fraction of sp³-hybridized carbons (Fsp3) is 0.545. The van der Waals surface area contributed by atoms with Gasteiger partial charge in [0.2, 0.25) is 0 Å². The Hall–Kier alpha value is -1.25. The van der Waals surface area contributed by atoms with Crippen molar-refractivity contribution in [2.45, 2.75) is 27.7 Å². The number of rotatable bonds is 1. The summed E-state index contributed by atoms with van der Waals surface area (Å²) in [5.41, 5.74) is -0.191. The Morgan fingerprint density at radius 3 is 2.29 bits per heavy atom. The van der Waals surface area contributed by atoms with E-state index < -0.39 is 11.3 Å². The van der Waals surface area contributed by atoms with E-state index in [0.717, 1.165) is 0 Å². The molecule has 3 heteroatoms. The van der Waals surface area contributed by atoms with Crippen molar-refractivity contribution in [2.75, 3.05) is 0 Å². The normalized spacial score (nSPS) is 26.0. The van der Waals surface area contributed by atoms with Crippen LogP contribution in [0.5, 0.6) is 0 Å². The van der Waals surface area contributed by atoms with Crippen LogP contribution in [0.25, 0.3) is 0 Å². The molecule has 0 radical (unpaired) electrons. The van der Waals surface area contributed by atoms with E-state index in [4.69, 9.17) is 0 Å². The quantitative estimate of drug-likeness (QED) is 0.591. The first-order valence-corrected chi connectivity index (χ1v) is 4.56. The molecule has 0 N–H and O–H groups in total. The molecule has 3 nitrogen and oxygen atoms in total. The van der Waals surface area contributed by atoms with Crippen molar-refractivity contribution in [2.24, 2.45) is 11.3 Å². The fourth-order valence-electron chi connectivity index (χ4n) is 1.77. The van der Waals surface area contributed by atoms with Crippen LogP contribution in [0, 0.1) is 11.3 Å². The van der Waals surface area contributed by atoms with Gasteiger partial charge in [0.05, 0.1) is 0 Å². The lowest BCUT2D eigenvalue weighted by atomic mass is 9.71. The second-order valence-corrected chi connectivity index (χ2v) is 4.32. The maximum Gasteiger partial charge on any atom is 0.176 e. The number of hydrogen-bond donors (Lipinski definition) is 0. The van der Waals surface area contributed by atoms with Crippen molar-refractivity contribution in [1.82, 2.24) is 0 Å². The Labute approximate surface area is 83.2 Å². The van der Waals surface area contributed by atoms with Gasteiger partial charge in [-0.15, -0.1) is 0 Å². The Balaban J connectivity index is 3.26. The van der Waals surface area contributed by atoms with Crippen molar-refractivity contribution < 1.29 is 14.4 Å². The molecule has 0 spiro atoms.